The van der Waals surface area contributed by atoms with E-state index in [0.29, 0.717) is 0 Å². The predicted molar refractivity (Wildman–Crippen MR) is 84.6 cm³/mol. The molecule has 0 fully saturated rings. The maximum absolute atomic E-state index is 2.41. The summed E-state index contributed by atoms with van der Waals surface area (Å²) in [6.07, 6.45) is 11.8. The van der Waals surface area contributed by atoms with E-state index < -0.39 is 18.2 Å². The van der Waals surface area contributed by atoms with Gasteiger partial charge in [-0.2, -0.15) is 0 Å². The van der Waals surface area contributed by atoms with Crippen LogP contribution >= 0.6 is 0 Å². The zero-order valence-corrected chi connectivity index (χ0v) is 15.2. The van der Waals surface area contributed by atoms with Gasteiger partial charge in [0.15, 0.2) is 0 Å². The molecule has 0 aromatic carbocycles. The van der Waals surface area contributed by atoms with E-state index in [4.69, 9.17) is 0 Å². The summed E-state index contributed by atoms with van der Waals surface area (Å²) < 4.78 is 6.68. The molecule has 0 aliphatic rings. The van der Waals surface area contributed by atoms with Gasteiger partial charge in [-0.1, -0.05) is 0 Å². The molecule has 0 amide bonds. The molecule has 0 radical (unpaired) electrons. The average Bonchev–Trinajstić information content (AvgIpc) is 2.30. The Morgan fingerprint density at radius 2 is 0.882 bits per heavy atom. The van der Waals surface area contributed by atoms with E-state index in [-0.39, 0.29) is 0 Å². The van der Waals surface area contributed by atoms with E-state index in [0.717, 1.165) is 0 Å². The Hall–Kier alpha value is 0.790. The zero-order valence-electron chi connectivity index (χ0n) is 12.9. The molecule has 0 saturated carbocycles. The standard InChI is InChI=1S/C16H36Te/c1-5-9-11-15-17(13-7-3,14-8-4)16-12-10-6-2/h5-16H2,1-4H3. The molecule has 0 aliphatic carbocycles. The molecule has 0 N–H and O–H groups in total. The van der Waals surface area contributed by atoms with E-state index >= 15 is 0 Å². The Morgan fingerprint density at radius 3 is 1.18 bits per heavy atom. The summed E-state index contributed by atoms with van der Waals surface area (Å²) in [6, 6.07) is 0. The molecule has 0 aliphatic heterocycles. The van der Waals surface area contributed by atoms with Crippen LogP contribution in [0.4, 0.5) is 0 Å². The Kier molecular flexibility index (Phi) is 12.4. The number of rotatable bonds is 12. The van der Waals surface area contributed by atoms with Crippen LogP contribution in [-0.4, -0.2) is 18.2 Å². The summed E-state index contributed by atoms with van der Waals surface area (Å²) in [7, 11) is 0. The van der Waals surface area contributed by atoms with Crippen molar-refractivity contribution in [2.24, 2.45) is 0 Å². The molecule has 0 unspecified atom stereocenters. The summed E-state index contributed by atoms with van der Waals surface area (Å²) in [4.78, 5) is 0. The molecule has 0 heterocycles. The van der Waals surface area contributed by atoms with Crippen LogP contribution in [0.15, 0.2) is 0 Å². The van der Waals surface area contributed by atoms with E-state index in [1.165, 1.54) is 38.5 Å². The molecule has 0 aromatic rings. The van der Waals surface area contributed by atoms with Gasteiger partial charge in [0.1, 0.15) is 0 Å². The van der Waals surface area contributed by atoms with E-state index in [2.05, 4.69) is 27.7 Å². The maximum atomic E-state index is 2.41. The summed E-state index contributed by atoms with van der Waals surface area (Å²) in [5.41, 5.74) is 0. The van der Waals surface area contributed by atoms with Crippen LogP contribution in [0.25, 0.3) is 0 Å². The van der Waals surface area contributed by atoms with Crippen LogP contribution in [0.1, 0.15) is 79.1 Å². The first-order valence-electron chi connectivity index (χ1n) is 7.98. The van der Waals surface area contributed by atoms with Crippen LogP contribution in [0.2, 0.25) is 17.9 Å². The van der Waals surface area contributed by atoms with Crippen molar-refractivity contribution >= 4 is 18.2 Å². The quantitative estimate of drug-likeness (QED) is 0.272. The van der Waals surface area contributed by atoms with Gasteiger partial charge in [0.05, 0.1) is 0 Å². The van der Waals surface area contributed by atoms with Crippen LogP contribution in [-0.2, 0) is 0 Å². The number of hydrogen-bond acceptors (Lipinski definition) is 0. The molecular formula is C16H36Te. The molecule has 0 atom stereocenters. The van der Waals surface area contributed by atoms with Crippen LogP contribution < -0.4 is 0 Å². The second-order valence-electron chi connectivity index (χ2n) is 5.46. The molecular weight excluding hydrogens is 320 g/mol. The molecule has 0 saturated heterocycles. The van der Waals surface area contributed by atoms with Gasteiger partial charge in [0.25, 0.3) is 0 Å². The summed E-state index contributed by atoms with van der Waals surface area (Å²) in [5.74, 6) is 0. The zero-order chi connectivity index (χ0) is 13.0. The van der Waals surface area contributed by atoms with Crippen molar-refractivity contribution in [1.29, 1.82) is 0 Å². The van der Waals surface area contributed by atoms with Crippen molar-refractivity contribution in [3.63, 3.8) is 0 Å². The van der Waals surface area contributed by atoms with Crippen molar-refractivity contribution in [2.75, 3.05) is 0 Å². The molecule has 0 nitrogen and oxygen atoms in total. The first kappa shape index (κ1) is 17.8. The topological polar surface area (TPSA) is 0 Å². The third-order valence-corrected chi connectivity index (χ3v) is 17.5. The Bertz CT molecular complexity index is 136. The molecule has 17 heavy (non-hydrogen) atoms. The van der Waals surface area contributed by atoms with Crippen LogP contribution in [0, 0.1) is 0 Å². The second kappa shape index (κ2) is 11.9. The van der Waals surface area contributed by atoms with Crippen molar-refractivity contribution < 1.29 is 0 Å². The first-order valence-corrected chi connectivity index (χ1v) is 14.6. The van der Waals surface area contributed by atoms with Gasteiger partial charge in [-0.25, -0.2) is 0 Å². The minimum absolute atomic E-state index is 1.39. The van der Waals surface area contributed by atoms with Crippen LogP contribution in [0.3, 0.4) is 0 Å². The van der Waals surface area contributed by atoms with Crippen molar-refractivity contribution in [3.05, 3.63) is 0 Å². The van der Waals surface area contributed by atoms with Gasteiger partial charge in [0.2, 0.25) is 0 Å². The molecule has 0 aromatic heterocycles. The van der Waals surface area contributed by atoms with Crippen LogP contribution in [0.5, 0.6) is 0 Å². The van der Waals surface area contributed by atoms with Gasteiger partial charge in [-0.05, 0) is 0 Å². The predicted octanol–water partition coefficient (Wildman–Crippen LogP) is 6.64. The summed E-state index contributed by atoms with van der Waals surface area (Å²) >= 11 is -1.45. The van der Waals surface area contributed by atoms with Gasteiger partial charge in [0, 0.05) is 0 Å². The van der Waals surface area contributed by atoms with Gasteiger partial charge in [-0.3, -0.25) is 0 Å². The van der Waals surface area contributed by atoms with Crippen molar-refractivity contribution in [1.82, 2.24) is 0 Å². The minimum atomic E-state index is -1.45. The third kappa shape index (κ3) is 8.50. The normalized spacial score (nSPS) is 12.9. The first-order chi connectivity index (χ1) is 8.24. The van der Waals surface area contributed by atoms with Crippen molar-refractivity contribution in [2.45, 2.75) is 96.9 Å². The SMILES string of the molecule is CCCCC[Te](CCC)(CCC)CCCCC. The van der Waals surface area contributed by atoms with E-state index in [9.17, 15) is 0 Å². The van der Waals surface area contributed by atoms with E-state index in [1.54, 1.807) is 30.7 Å². The van der Waals surface area contributed by atoms with Gasteiger partial charge < -0.3 is 0 Å². The molecule has 0 bridgehead atoms. The summed E-state index contributed by atoms with van der Waals surface area (Å²) in [6.45, 7) is 9.50. The van der Waals surface area contributed by atoms with Gasteiger partial charge >= 0.3 is 115 Å². The molecule has 0 rings (SSSR count). The average molecular weight is 356 g/mol. The number of unbranched alkanes of at least 4 members (excludes halogenated alkanes) is 4. The second-order valence-corrected chi connectivity index (χ2v) is 17.1. The van der Waals surface area contributed by atoms with Gasteiger partial charge in [-0.15, -0.1) is 0 Å². The Balaban J connectivity index is 4.25. The summed E-state index contributed by atoms with van der Waals surface area (Å²) in [5, 5.41) is 0. The Labute approximate surface area is 115 Å². The third-order valence-electron chi connectivity index (χ3n) is 3.64. The van der Waals surface area contributed by atoms with Crippen molar-refractivity contribution in [3.8, 4) is 0 Å². The molecule has 1 heteroatoms. The fraction of sp³-hybridized carbons (Fsp3) is 1.00. The fourth-order valence-corrected chi connectivity index (χ4v) is 15.9. The van der Waals surface area contributed by atoms with E-state index in [1.807, 2.05) is 0 Å². The molecule has 0 spiro atoms. The molecule has 106 valence electrons. The fourth-order valence-electron chi connectivity index (χ4n) is 2.79. The monoisotopic (exact) mass is 358 g/mol. The number of hydrogen-bond donors (Lipinski definition) is 0. The Morgan fingerprint density at radius 1 is 0.471 bits per heavy atom.